The molecule has 0 saturated heterocycles. The minimum Gasteiger partial charge on any atom is -0.465 e. The Kier molecular flexibility index (Phi) is 4.70. The highest BCUT2D eigenvalue weighted by atomic mass is 32.2. The molecule has 0 aliphatic heterocycles. The average molecular weight is 357 g/mol. The lowest BCUT2D eigenvalue weighted by Crippen LogP contribution is -2.44. The second-order valence-corrected chi connectivity index (χ2v) is 8.35. The summed E-state index contributed by atoms with van der Waals surface area (Å²) in [7, 11) is -1.68. The molecule has 0 bridgehead atoms. The van der Waals surface area contributed by atoms with E-state index >= 15 is 0 Å². The van der Waals surface area contributed by atoms with Gasteiger partial charge in [-0.2, -0.15) is 0 Å². The Labute approximate surface area is 139 Å². The number of sulfone groups is 1. The first-order chi connectivity index (χ1) is 11.0. The van der Waals surface area contributed by atoms with Crippen LogP contribution in [0.15, 0.2) is 18.2 Å². The van der Waals surface area contributed by atoms with E-state index in [2.05, 4.69) is 5.32 Å². The van der Waals surface area contributed by atoms with Gasteiger partial charge < -0.3 is 15.3 Å². The van der Waals surface area contributed by atoms with Crippen molar-refractivity contribution < 1.29 is 23.2 Å². The molecule has 132 valence electrons. The molecule has 0 radical (unpaired) electrons. The Morgan fingerprint density at radius 1 is 1.46 bits per heavy atom. The van der Waals surface area contributed by atoms with Crippen molar-refractivity contribution >= 4 is 27.3 Å². The number of rotatable bonds is 7. The molecule has 1 aromatic carbocycles. The van der Waals surface area contributed by atoms with Gasteiger partial charge in [0.05, 0.1) is 16.2 Å². The van der Waals surface area contributed by atoms with Crippen molar-refractivity contribution in [1.29, 1.82) is 0 Å². The first-order valence-electron chi connectivity index (χ1n) is 7.19. The van der Waals surface area contributed by atoms with Crippen LogP contribution in [0.5, 0.6) is 0 Å². The second-order valence-electron chi connectivity index (χ2n) is 6.21. The monoisotopic (exact) mass is 357 g/mol. The van der Waals surface area contributed by atoms with Crippen molar-refractivity contribution in [3.05, 3.63) is 33.9 Å². The SMILES string of the molecule is CN(CC1(NC(=O)O)CC1)c1ccc([N+](=O)[O-])cc1CS(C)(=O)=O. The quantitative estimate of drug-likeness (QED) is 0.557. The van der Waals surface area contributed by atoms with Gasteiger partial charge in [0.2, 0.25) is 0 Å². The molecule has 0 atom stereocenters. The molecule has 9 nitrogen and oxygen atoms in total. The van der Waals surface area contributed by atoms with E-state index in [1.54, 1.807) is 11.9 Å². The number of nitrogens with zero attached hydrogens (tertiary/aromatic N) is 2. The average Bonchev–Trinajstić information content (AvgIpc) is 3.14. The summed E-state index contributed by atoms with van der Waals surface area (Å²) in [5, 5.41) is 22.3. The third-order valence-corrected chi connectivity index (χ3v) is 4.70. The smallest absolute Gasteiger partial charge is 0.405 e. The van der Waals surface area contributed by atoms with Gasteiger partial charge in [-0.1, -0.05) is 0 Å². The highest BCUT2D eigenvalue weighted by Crippen LogP contribution is 2.38. The first kappa shape index (κ1) is 18.0. The predicted octanol–water partition coefficient (Wildman–Crippen LogP) is 1.38. The largest absolute Gasteiger partial charge is 0.465 e. The summed E-state index contributed by atoms with van der Waals surface area (Å²) < 4.78 is 23.2. The predicted molar refractivity (Wildman–Crippen MR) is 88.0 cm³/mol. The second kappa shape index (κ2) is 6.27. The first-order valence-corrected chi connectivity index (χ1v) is 9.25. The normalized spacial score (nSPS) is 15.6. The molecule has 1 fully saturated rings. The zero-order valence-electron chi connectivity index (χ0n) is 13.4. The van der Waals surface area contributed by atoms with Gasteiger partial charge in [-0.25, -0.2) is 13.2 Å². The Bertz CT molecular complexity index is 773. The van der Waals surface area contributed by atoms with Gasteiger partial charge in [0, 0.05) is 37.7 Å². The Hall–Kier alpha value is -2.36. The molecule has 1 aliphatic carbocycles. The summed E-state index contributed by atoms with van der Waals surface area (Å²) in [5.74, 6) is -0.326. The number of amides is 1. The molecule has 2 N–H and O–H groups in total. The van der Waals surface area contributed by atoms with Crippen molar-refractivity contribution in [3.8, 4) is 0 Å². The molecular weight excluding hydrogens is 338 g/mol. The number of non-ortho nitro benzene ring substituents is 1. The van der Waals surface area contributed by atoms with E-state index in [1.807, 2.05) is 0 Å². The van der Waals surface area contributed by atoms with Gasteiger partial charge in [-0.05, 0) is 24.5 Å². The van der Waals surface area contributed by atoms with Gasteiger partial charge >= 0.3 is 6.09 Å². The number of hydrogen-bond acceptors (Lipinski definition) is 6. The molecule has 0 spiro atoms. The number of nitro groups is 1. The number of nitrogens with one attached hydrogen (secondary N) is 1. The van der Waals surface area contributed by atoms with E-state index in [4.69, 9.17) is 5.11 Å². The third kappa shape index (κ3) is 4.57. The van der Waals surface area contributed by atoms with E-state index in [0.717, 1.165) is 6.26 Å². The Morgan fingerprint density at radius 2 is 2.08 bits per heavy atom. The fourth-order valence-corrected chi connectivity index (χ4v) is 3.49. The Morgan fingerprint density at radius 3 is 2.54 bits per heavy atom. The van der Waals surface area contributed by atoms with Crippen LogP contribution in [0.2, 0.25) is 0 Å². The lowest BCUT2D eigenvalue weighted by Gasteiger charge is -2.27. The zero-order chi connectivity index (χ0) is 18.1. The lowest BCUT2D eigenvalue weighted by atomic mass is 10.1. The fourth-order valence-electron chi connectivity index (χ4n) is 2.70. The molecule has 1 amide bonds. The summed E-state index contributed by atoms with van der Waals surface area (Å²) in [6, 6.07) is 4.05. The molecule has 0 aromatic heterocycles. The minimum atomic E-state index is -3.38. The molecule has 2 rings (SSSR count). The summed E-state index contributed by atoms with van der Waals surface area (Å²) in [6.07, 6.45) is 1.33. The number of hydrogen-bond donors (Lipinski definition) is 2. The van der Waals surface area contributed by atoms with E-state index in [0.29, 0.717) is 30.6 Å². The van der Waals surface area contributed by atoms with Crippen molar-refractivity contribution in [2.75, 3.05) is 24.7 Å². The van der Waals surface area contributed by atoms with E-state index < -0.39 is 26.4 Å². The minimum absolute atomic E-state index is 0.185. The summed E-state index contributed by atoms with van der Waals surface area (Å²) in [5.41, 5.74) is 0.116. The summed E-state index contributed by atoms with van der Waals surface area (Å²) in [6.45, 7) is 0.355. The van der Waals surface area contributed by atoms with Crippen molar-refractivity contribution in [2.45, 2.75) is 24.1 Å². The van der Waals surface area contributed by atoms with E-state index in [-0.39, 0.29) is 11.4 Å². The molecule has 24 heavy (non-hydrogen) atoms. The summed E-state index contributed by atoms with van der Waals surface area (Å²) in [4.78, 5) is 22.9. The molecule has 0 heterocycles. The van der Waals surface area contributed by atoms with Crippen LogP contribution >= 0.6 is 0 Å². The highest BCUT2D eigenvalue weighted by Gasteiger charge is 2.45. The third-order valence-electron chi connectivity index (χ3n) is 3.87. The van der Waals surface area contributed by atoms with Crippen molar-refractivity contribution in [3.63, 3.8) is 0 Å². The zero-order valence-corrected chi connectivity index (χ0v) is 14.2. The van der Waals surface area contributed by atoms with Crippen LogP contribution < -0.4 is 10.2 Å². The molecule has 1 saturated carbocycles. The molecule has 10 heteroatoms. The standard InChI is InChI=1S/C14H19N3O6S/c1-16(9-14(5-6-14)15-13(18)19)12-4-3-11(17(20)21)7-10(12)8-24(2,22)23/h3-4,7,15H,5-6,8-9H2,1-2H3,(H,18,19). The van der Waals surface area contributed by atoms with Gasteiger partial charge in [0.15, 0.2) is 9.84 Å². The molecule has 1 aromatic rings. The number of anilines is 1. The van der Waals surface area contributed by atoms with Crippen LogP contribution in [0.25, 0.3) is 0 Å². The highest BCUT2D eigenvalue weighted by molar-refractivity contribution is 7.89. The number of carbonyl (C=O) groups is 1. The number of likely N-dealkylation sites (N-methyl/N-ethyl adjacent to an activating group) is 1. The van der Waals surface area contributed by atoms with Crippen molar-refractivity contribution in [2.24, 2.45) is 0 Å². The van der Waals surface area contributed by atoms with Gasteiger partial charge in [-0.15, -0.1) is 0 Å². The topological polar surface area (TPSA) is 130 Å². The van der Waals surface area contributed by atoms with Crippen LogP contribution in [0, 0.1) is 10.1 Å². The van der Waals surface area contributed by atoms with Crippen LogP contribution in [0.3, 0.4) is 0 Å². The van der Waals surface area contributed by atoms with Crippen LogP contribution in [-0.4, -0.2) is 49.9 Å². The van der Waals surface area contributed by atoms with Gasteiger partial charge in [0.1, 0.15) is 0 Å². The van der Waals surface area contributed by atoms with E-state index in [1.165, 1.54) is 18.2 Å². The van der Waals surface area contributed by atoms with Crippen LogP contribution in [0.4, 0.5) is 16.2 Å². The number of carboxylic acid groups (broad SMARTS) is 1. The summed E-state index contributed by atoms with van der Waals surface area (Å²) >= 11 is 0. The molecule has 1 aliphatic rings. The van der Waals surface area contributed by atoms with Crippen molar-refractivity contribution in [1.82, 2.24) is 5.32 Å². The van der Waals surface area contributed by atoms with Crippen LogP contribution in [-0.2, 0) is 15.6 Å². The van der Waals surface area contributed by atoms with Crippen LogP contribution in [0.1, 0.15) is 18.4 Å². The molecular formula is C14H19N3O6S. The number of benzene rings is 1. The lowest BCUT2D eigenvalue weighted by molar-refractivity contribution is -0.384. The maximum Gasteiger partial charge on any atom is 0.405 e. The van der Waals surface area contributed by atoms with E-state index in [9.17, 15) is 23.3 Å². The maximum absolute atomic E-state index is 11.6. The maximum atomic E-state index is 11.6. The van der Waals surface area contributed by atoms with Gasteiger partial charge in [-0.3, -0.25) is 10.1 Å². The molecule has 0 unspecified atom stereocenters. The Balaban J connectivity index is 2.30. The van der Waals surface area contributed by atoms with Gasteiger partial charge in [0.25, 0.3) is 5.69 Å². The number of nitro benzene ring substituents is 1. The fraction of sp³-hybridized carbons (Fsp3) is 0.500.